The lowest BCUT2D eigenvalue weighted by atomic mass is 10.3. The van der Waals surface area contributed by atoms with E-state index in [-0.39, 0.29) is 11.0 Å². The molecule has 3 N–H and O–H groups in total. The third-order valence-corrected chi connectivity index (χ3v) is 1.35. The van der Waals surface area contributed by atoms with Crippen molar-refractivity contribution in [2.75, 3.05) is 0 Å². The number of amidine groups is 1. The maximum atomic E-state index is 7.03. The van der Waals surface area contributed by atoms with Crippen LogP contribution in [0, 0.1) is 5.41 Å². The number of nitrogens with one attached hydrogen (secondary N) is 1. The smallest absolute Gasteiger partial charge is 0.139 e. The fraction of sp³-hybridized carbons (Fsp3) is 0. The molecule has 0 aliphatic heterocycles. The molecule has 1 rings (SSSR count). The Balaban J connectivity index is 3.15. The van der Waals surface area contributed by atoms with Crippen molar-refractivity contribution < 1.29 is 0 Å². The van der Waals surface area contributed by atoms with Gasteiger partial charge in [-0.1, -0.05) is 11.6 Å². The van der Waals surface area contributed by atoms with Gasteiger partial charge in [-0.3, -0.25) is 5.41 Å². The molecule has 1 aromatic heterocycles. The molecule has 1 heterocycles. The van der Waals surface area contributed by atoms with Crippen molar-refractivity contribution in [2.45, 2.75) is 0 Å². The van der Waals surface area contributed by atoms with Crippen molar-refractivity contribution in [3.63, 3.8) is 0 Å². The molecule has 0 unspecified atom stereocenters. The molecule has 10 heavy (non-hydrogen) atoms. The van der Waals surface area contributed by atoms with Gasteiger partial charge < -0.3 is 5.73 Å². The third-order valence-electron chi connectivity index (χ3n) is 1.05. The number of nitrogens with two attached hydrogens (primary N) is 1. The standard InChI is InChI=1S/C6H6ClN3/c7-5-4(6(8)9)2-1-3-10-5/h1-3H,(H3,8,9). The second-order valence-corrected chi connectivity index (χ2v) is 2.11. The van der Waals surface area contributed by atoms with Crippen LogP contribution in [-0.2, 0) is 0 Å². The molecule has 0 aliphatic rings. The topological polar surface area (TPSA) is 62.8 Å². The lowest BCUT2D eigenvalue weighted by molar-refractivity contribution is 1.29. The number of nitrogens with zero attached hydrogens (tertiary/aromatic N) is 1. The molecule has 3 nitrogen and oxygen atoms in total. The van der Waals surface area contributed by atoms with E-state index in [9.17, 15) is 0 Å². The Labute approximate surface area is 63.3 Å². The molecule has 0 fully saturated rings. The van der Waals surface area contributed by atoms with Gasteiger partial charge in [0.2, 0.25) is 0 Å². The van der Waals surface area contributed by atoms with Crippen LogP contribution in [0.15, 0.2) is 18.3 Å². The lowest BCUT2D eigenvalue weighted by Gasteiger charge is -1.97. The largest absolute Gasteiger partial charge is 0.384 e. The number of nitrogen functional groups attached to an aromatic ring is 1. The summed E-state index contributed by atoms with van der Waals surface area (Å²) in [7, 11) is 0. The van der Waals surface area contributed by atoms with Crippen molar-refractivity contribution in [2.24, 2.45) is 5.73 Å². The summed E-state index contributed by atoms with van der Waals surface area (Å²) in [6.07, 6.45) is 1.55. The first-order valence-electron chi connectivity index (χ1n) is 2.66. The number of pyridine rings is 1. The fourth-order valence-corrected chi connectivity index (χ4v) is 0.808. The van der Waals surface area contributed by atoms with Gasteiger partial charge in [0, 0.05) is 6.20 Å². The van der Waals surface area contributed by atoms with Crippen LogP contribution in [0.1, 0.15) is 5.56 Å². The molecule has 0 bridgehead atoms. The summed E-state index contributed by atoms with van der Waals surface area (Å²) in [5.41, 5.74) is 5.65. The maximum absolute atomic E-state index is 7.03. The summed E-state index contributed by atoms with van der Waals surface area (Å²) >= 11 is 5.59. The summed E-state index contributed by atoms with van der Waals surface area (Å²) in [6, 6.07) is 3.33. The predicted octanol–water partition coefficient (Wildman–Crippen LogP) is 1.02. The monoisotopic (exact) mass is 155 g/mol. The Morgan fingerprint density at radius 2 is 2.40 bits per heavy atom. The van der Waals surface area contributed by atoms with Crippen molar-refractivity contribution in [1.29, 1.82) is 5.41 Å². The molecular formula is C6H6ClN3. The van der Waals surface area contributed by atoms with Crippen LogP contribution in [0.5, 0.6) is 0 Å². The highest BCUT2D eigenvalue weighted by Gasteiger charge is 2.00. The molecule has 0 aliphatic carbocycles. The second kappa shape index (κ2) is 2.66. The minimum Gasteiger partial charge on any atom is -0.384 e. The van der Waals surface area contributed by atoms with E-state index in [2.05, 4.69) is 4.98 Å². The third kappa shape index (κ3) is 1.25. The highest BCUT2D eigenvalue weighted by Crippen LogP contribution is 2.09. The Bertz CT molecular complexity index is 259. The molecule has 52 valence electrons. The van der Waals surface area contributed by atoms with E-state index in [1.54, 1.807) is 18.3 Å². The van der Waals surface area contributed by atoms with Gasteiger partial charge in [-0.2, -0.15) is 0 Å². The summed E-state index contributed by atoms with van der Waals surface area (Å²) < 4.78 is 0. The average molecular weight is 156 g/mol. The van der Waals surface area contributed by atoms with E-state index in [0.717, 1.165) is 0 Å². The van der Waals surface area contributed by atoms with E-state index in [0.29, 0.717) is 5.56 Å². The SMILES string of the molecule is N=C(N)c1cccnc1Cl. The number of hydrogen-bond acceptors (Lipinski definition) is 2. The molecule has 0 atom stereocenters. The Hall–Kier alpha value is -1.09. The van der Waals surface area contributed by atoms with Gasteiger partial charge >= 0.3 is 0 Å². The van der Waals surface area contributed by atoms with Crippen molar-refractivity contribution >= 4 is 17.4 Å². The molecule has 0 aromatic carbocycles. The maximum Gasteiger partial charge on any atom is 0.139 e. The quantitative estimate of drug-likeness (QED) is 0.361. The van der Waals surface area contributed by atoms with Crippen molar-refractivity contribution in [3.05, 3.63) is 29.0 Å². The minimum atomic E-state index is -0.0573. The highest BCUT2D eigenvalue weighted by atomic mass is 35.5. The van der Waals surface area contributed by atoms with E-state index < -0.39 is 0 Å². The number of hydrogen-bond donors (Lipinski definition) is 2. The number of halogens is 1. The van der Waals surface area contributed by atoms with Crippen LogP contribution >= 0.6 is 11.6 Å². The number of aromatic nitrogens is 1. The minimum absolute atomic E-state index is 0.0573. The van der Waals surface area contributed by atoms with Crippen LogP contribution < -0.4 is 5.73 Å². The van der Waals surface area contributed by atoms with Crippen LogP contribution in [0.4, 0.5) is 0 Å². The number of rotatable bonds is 1. The van der Waals surface area contributed by atoms with Gasteiger partial charge in [0.25, 0.3) is 0 Å². The van der Waals surface area contributed by atoms with E-state index in [4.69, 9.17) is 22.7 Å². The van der Waals surface area contributed by atoms with Gasteiger partial charge in [-0.25, -0.2) is 4.98 Å². The lowest BCUT2D eigenvalue weighted by Crippen LogP contribution is -2.11. The molecule has 0 saturated carbocycles. The first-order chi connectivity index (χ1) is 4.72. The van der Waals surface area contributed by atoms with Gasteiger partial charge in [0.1, 0.15) is 11.0 Å². The van der Waals surface area contributed by atoms with Crippen LogP contribution in [0.3, 0.4) is 0 Å². The zero-order valence-corrected chi connectivity index (χ0v) is 5.89. The Kier molecular flexibility index (Phi) is 1.87. The molecular weight excluding hydrogens is 150 g/mol. The van der Waals surface area contributed by atoms with Gasteiger partial charge in [-0.15, -0.1) is 0 Å². The molecule has 4 heteroatoms. The van der Waals surface area contributed by atoms with Crippen molar-refractivity contribution in [1.82, 2.24) is 4.98 Å². The summed E-state index contributed by atoms with van der Waals surface area (Å²) in [4.78, 5) is 3.74. The van der Waals surface area contributed by atoms with E-state index in [1.807, 2.05) is 0 Å². The summed E-state index contributed by atoms with van der Waals surface area (Å²) in [5.74, 6) is -0.0573. The van der Waals surface area contributed by atoms with Crippen LogP contribution in [-0.4, -0.2) is 10.8 Å². The van der Waals surface area contributed by atoms with E-state index >= 15 is 0 Å². The van der Waals surface area contributed by atoms with E-state index in [1.165, 1.54) is 0 Å². The highest BCUT2D eigenvalue weighted by molar-refractivity contribution is 6.32. The van der Waals surface area contributed by atoms with Gasteiger partial charge in [-0.05, 0) is 12.1 Å². The molecule has 1 aromatic rings. The first-order valence-corrected chi connectivity index (χ1v) is 3.04. The predicted molar refractivity (Wildman–Crippen MR) is 40.3 cm³/mol. The Morgan fingerprint density at radius 1 is 1.70 bits per heavy atom. The van der Waals surface area contributed by atoms with Crippen LogP contribution in [0.25, 0.3) is 0 Å². The zero-order chi connectivity index (χ0) is 7.56. The summed E-state index contributed by atoms with van der Waals surface area (Å²) in [6.45, 7) is 0. The first kappa shape index (κ1) is 7.02. The summed E-state index contributed by atoms with van der Waals surface area (Å²) in [5, 5.41) is 7.30. The zero-order valence-electron chi connectivity index (χ0n) is 5.13. The van der Waals surface area contributed by atoms with Crippen molar-refractivity contribution in [3.8, 4) is 0 Å². The second-order valence-electron chi connectivity index (χ2n) is 1.76. The van der Waals surface area contributed by atoms with Gasteiger partial charge in [0.05, 0.1) is 5.56 Å². The average Bonchev–Trinajstić information content (AvgIpc) is 1.88. The molecule has 0 spiro atoms. The van der Waals surface area contributed by atoms with Crippen LogP contribution in [0.2, 0.25) is 5.15 Å². The Morgan fingerprint density at radius 3 is 2.80 bits per heavy atom. The fourth-order valence-electron chi connectivity index (χ4n) is 0.587. The normalized spacial score (nSPS) is 9.30. The van der Waals surface area contributed by atoms with Gasteiger partial charge in [0.15, 0.2) is 0 Å². The molecule has 0 amide bonds. The molecule has 0 saturated heterocycles. The molecule has 0 radical (unpaired) electrons.